The largest absolute Gasteiger partial charge is 0.394 e. The number of nitrogens with two attached hydrogens (primary N) is 1. The number of hydrogen-bond acceptors (Lipinski definition) is 5. The fourth-order valence-corrected chi connectivity index (χ4v) is 1.26. The summed E-state index contributed by atoms with van der Waals surface area (Å²) in [6, 6.07) is 0. The summed E-state index contributed by atoms with van der Waals surface area (Å²) < 4.78 is 0. The van der Waals surface area contributed by atoms with Crippen LogP contribution in [0, 0.1) is 0 Å². The first kappa shape index (κ1) is 12.5. The highest BCUT2D eigenvalue weighted by Crippen LogP contribution is 2.08. The van der Waals surface area contributed by atoms with Crippen LogP contribution in [0.1, 0.15) is 6.42 Å². The fourth-order valence-electron chi connectivity index (χ4n) is 1.16. The van der Waals surface area contributed by atoms with Crippen LogP contribution in [0.2, 0.25) is 0 Å². The summed E-state index contributed by atoms with van der Waals surface area (Å²) in [6.07, 6.45) is 0.612. The summed E-state index contributed by atoms with van der Waals surface area (Å²) in [5, 5.41) is 5.30. The van der Waals surface area contributed by atoms with E-state index < -0.39 is 10.9 Å². The molecule has 4 N–H and O–H groups in total. The van der Waals surface area contributed by atoms with Crippen LogP contribution in [0.5, 0.6) is 0 Å². The quantitative estimate of drug-likeness (QED) is 0.340. The van der Waals surface area contributed by atoms with Gasteiger partial charge < -0.3 is 16.4 Å². The second kappa shape index (κ2) is 5.50. The molecule has 0 radical (unpaired) electrons. The van der Waals surface area contributed by atoms with Gasteiger partial charge in [0.15, 0.2) is 0 Å². The number of anilines is 2. The van der Waals surface area contributed by atoms with Crippen molar-refractivity contribution in [1.82, 2.24) is 5.32 Å². The molecule has 0 saturated heterocycles. The zero-order valence-corrected chi connectivity index (χ0v) is 9.26. The number of carbonyl (C=O) groups is 1. The molecule has 0 aliphatic heterocycles. The molecule has 0 heterocycles. The summed E-state index contributed by atoms with van der Waals surface area (Å²) in [7, 11) is 0. The summed E-state index contributed by atoms with van der Waals surface area (Å²) in [5.41, 5.74) is 4.23. The van der Waals surface area contributed by atoms with E-state index in [1.165, 1.54) is 0 Å². The predicted octanol–water partition coefficient (Wildman–Crippen LogP) is -0.978. The van der Waals surface area contributed by atoms with Gasteiger partial charge in [-0.2, -0.15) is 0 Å². The van der Waals surface area contributed by atoms with Crippen molar-refractivity contribution in [3.8, 4) is 0 Å². The molecule has 0 atom stereocenters. The molecule has 0 saturated carbocycles. The zero-order chi connectivity index (χ0) is 12.1. The minimum absolute atomic E-state index is 0.0187. The first-order valence-corrected chi connectivity index (χ1v) is 5.26. The summed E-state index contributed by atoms with van der Waals surface area (Å²) in [4.78, 5) is 32.4. The monoisotopic (exact) mass is 245 g/mol. The van der Waals surface area contributed by atoms with Crippen molar-refractivity contribution in [2.45, 2.75) is 6.42 Å². The Hall–Kier alpha value is -1.56. The van der Waals surface area contributed by atoms with Crippen molar-refractivity contribution in [3.63, 3.8) is 0 Å². The Labute approximate surface area is 96.5 Å². The van der Waals surface area contributed by atoms with Crippen LogP contribution >= 0.6 is 11.6 Å². The highest BCUT2D eigenvalue weighted by molar-refractivity contribution is 6.27. The molecule has 0 aliphatic carbocycles. The van der Waals surface area contributed by atoms with Gasteiger partial charge in [0.1, 0.15) is 17.3 Å². The van der Waals surface area contributed by atoms with Gasteiger partial charge in [0.25, 0.3) is 10.9 Å². The molecule has 0 aromatic heterocycles. The first-order chi connectivity index (χ1) is 7.57. The average molecular weight is 246 g/mol. The lowest BCUT2D eigenvalue weighted by Gasteiger charge is -2.09. The normalized spacial score (nSPS) is 10.3. The van der Waals surface area contributed by atoms with Gasteiger partial charge in [-0.3, -0.25) is 14.4 Å². The standard InChI is InChI=1S/C9H12ClN3O3/c10-4-5(14)12-2-1-3-13-7-6(11)8(15)9(7)16/h13H,1-4,11H2,(H,12,14). The van der Waals surface area contributed by atoms with E-state index in [0.29, 0.717) is 19.5 Å². The summed E-state index contributed by atoms with van der Waals surface area (Å²) in [5.74, 6) is -0.311. The topological polar surface area (TPSA) is 101 Å². The maximum atomic E-state index is 11.0. The number of halogens is 1. The van der Waals surface area contributed by atoms with Crippen molar-refractivity contribution < 1.29 is 4.79 Å². The number of hydrogen-bond donors (Lipinski definition) is 3. The van der Waals surface area contributed by atoms with Crippen molar-refractivity contribution in [2.75, 3.05) is 30.0 Å². The van der Waals surface area contributed by atoms with E-state index in [4.69, 9.17) is 17.3 Å². The molecule has 0 aliphatic rings. The van der Waals surface area contributed by atoms with Gasteiger partial charge in [0, 0.05) is 13.1 Å². The van der Waals surface area contributed by atoms with E-state index in [1.807, 2.05) is 0 Å². The van der Waals surface area contributed by atoms with E-state index in [-0.39, 0.29) is 23.2 Å². The van der Waals surface area contributed by atoms with Gasteiger partial charge in [0.2, 0.25) is 5.91 Å². The Bertz CT molecular complexity index is 451. The van der Waals surface area contributed by atoms with Gasteiger partial charge >= 0.3 is 0 Å². The summed E-state index contributed by atoms with van der Waals surface area (Å²) >= 11 is 5.27. The lowest BCUT2D eigenvalue weighted by atomic mass is 10.2. The Morgan fingerprint density at radius 3 is 2.50 bits per heavy atom. The Balaban J connectivity index is 2.20. The van der Waals surface area contributed by atoms with Gasteiger partial charge in [-0.25, -0.2) is 0 Å². The lowest BCUT2D eigenvalue weighted by molar-refractivity contribution is -0.118. The number of nitrogens with one attached hydrogen (secondary N) is 2. The van der Waals surface area contributed by atoms with Crippen LogP contribution in [-0.2, 0) is 4.79 Å². The molecule has 1 rings (SSSR count). The predicted molar refractivity (Wildman–Crippen MR) is 62.6 cm³/mol. The molecule has 7 heteroatoms. The van der Waals surface area contributed by atoms with Crippen LogP contribution in [0.3, 0.4) is 0 Å². The van der Waals surface area contributed by atoms with Gasteiger partial charge in [-0.1, -0.05) is 0 Å². The van der Waals surface area contributed by atoms with Crippen molar-refractivity contribution >= 4 is 28.9 Å². The highest BCUT2D eigenvalue weighted by atomic mass is 35.5. The maximum Gasteiger partial charge on any atom is 0.253 e. The van der Waals surface area contributed by atoms with E-state index in [9.17, 15) is 14.4 Å². The molecular weight excluding hydrogens is 234 g/mol. The molecule has 0 spiro atoms. The van der Waals surface area contributed by atoms with E-state index in [2.05, 4.69) is 10.6 Å². The highest BCUT2D eigenvalue weighted by Gasteiger charge is 2.16. The van der Waals surface area contributed by atoms with Crippen molar-refractivity contribution in [1.29, 1.82) is 0 Å². The minimum atomic E-state index is -0.641. The number of alkyl halides is 1. The van der Waals surface area contributed by atoms with Gasteiger partial charge in [-0.15, -0.1) is 11.6 Å². The van der Waals surface area contributed by atoms with Crippen molar-refractivity contribution in [3.05, 3.63) is 20.4 Å². The number of carbonyl (C=O) groups excluding carboxylic acids is 1. The smallest absolute Gasteiger partial charge is 0.253 e. The van der Waals surface area contributed by atoms with E-state index in [1.54, 1.807) is 0 Å². The van der Waals surface area contributed by atoms with Crippen LogP contribution in [-0.4, -0.2) is 24.9 Å². The maximum absolute atomic E-state index is 11.0. The fraction of sp³-hybridized carbons (Fsp3) is 0.444. The molecule has 0 fully saturated rings. The second-order valence-corrected chi connectivity index (χ2v) is 3.48. The second-order valence-electron chi connectivity index (χ2n) is 3.21. The first-order valence-electron chi connectivity index (χ1n) is 4.73. The SMILES string of the molecule is Nc1c(NCCCNC(=O)CCl)c(=O)c1=O. The van der Waals surface area contributed by atoms with Gasteiger partial charge in [-0.05, 0) is 6.42 Å². The van der Waals surface area contributed by atoms with Crippen LogP contribution in [0.25, 0.3) is 0 Å². The Kier molecular flexibility index (Phi) is 4.30. The third-order valence-corrected chi connectivity index (χ3v) is 2.29. The molecule has 88 valence electrons. The molecule has 1 aromatic carbocycles. The van der Waals surface area contributed by atoms with Crippen LogP contribution < -0.4 is 27.2 Å². The number of nitrogen functional groups attached to an aromatic ring is 1. The molecule has 0 unspecified atom stereocenters. The molecule has 0 bridgehead atoms. The minimum Gasteiger partial charge on any atom is -0.394 e. The lowest BCUT2D eigenvalue weighted by Crippen LogP contribution is -2.37. The number of rotatable bonds is 6. The zero-order valence-electron chi connectivity index (χ0n) is 8.51. The third-order valence-electron chi connectivity index (χ3n) is 2.05. The molecule has 16 heavy (non-hydrogen) atoms. The van der Waals surface area contributed by atoms with Gasteiger partial charge in [0.05, 0.1) is 0 Å². The molecular formula is C9H12ClN3O3. The molecule has 1 amide bonds. The average Bonchev–Trinajstić information content (AvgIpc) is 2.31. The molecule has 1 aromatic rings. The Morgan fingerprint density at radius 1 is 1.25 bits per heavy atom. The number of amides is 1. The summed E-state index contributed by atoms with van der Waals surface area (Å²) in [6.45, 7) is 0.908. The van der Waals surface area contributed by atoms with E-state index >= 15 is 0 Å². The van der Waals surface area contributed by atoms with Crippen LogP contribution in [0.15, 0.2) is 9.59 Å². The van der Waals surface area contributed by atoms with Crippen LogP contribution in [0.4, 0.5) is 11.4 Å². The van der Waals surface area contributed by atoms with Crippen molar-refractivity contribution in [2.24, 2.45) is 0 Å². The van der Waals surface area contributed by atoms with E-state index in [0.717, 1.165) is 0 Å². The third kappa shape index (κ3) is 2.73. The Morgan fingerprint density at radius 2 is 1.94 bits per heavy atom. The molecule has 6 nitrogen and oxygen atoms in total.